The fraction of sp³-hybridized carbons (Fsp3) is 0.500. The molecule has 2 nitrogen and oxygen atoms in total. The van der Waals surface area contributed by atoms with Crippen LogP contribution in [0.15, 0.2) is 30.3 Å². The molecule has 1 aromatic rings. The summed E-state index contributed by atoms with van der Waals surface area (Å²) in [5.41, 5.74) is 7.05. The van der Waals surface area contributed by atoms with Gasteiger partial charge in [0.15, 0.2) is 0 Å². The second kappa shape index (κ2) is 5.78. The van der Waals surface area contributed by atoms with E-state index in [9.17, 15) is 0 Å². The van der Waals surface area contributed by atoms with Gasteiger partial charge in [0, 0.05) is 6.04 Å². The summed E-state index contributed by atoms with van der Waals surface area (Å²) in [5.74, 6) is 0. The van der Waals surface area contributed by atoms with E-state index in [0.29, 0.717) is 6.61 Å². The standard InChI is InChI=1S/C12H19NO/c1-3-12(13)10(2)14-9-11-7-5-4-6-8-11/h4-8,10,12H,3,9,13H2,1-2H3/t10-,12+/m0/s1. The summed E-state index contributed by atoms with van der Waals surface area (Å²) in [4.78, 5) is 0. The van der Waals surface area contributed by atoms with Crippen LogP contribution in [0.5, 0.6) is 0 Å². The van der Waals surface area contributed by atoms with Gasteiger partial charge in [-0.1, -0.05) is 37.3 Å². The van der Waals surface area contributed by atoms with Crippen molar-refractivity contribution in [3.8, 4) is 0 Å². The summed E-state index contributed by atoms with van der Waals surface area (Å²) >= 11 is 0. The summed E-state index contributed by atoms with van der Waals surface area (Å²) in [6, 6.07) is 10.3. The predicted octanol–water partition coefficient (Wildman–Crippen LogP) is 2.33. The third kappa shape index (κ3) is 3.48. The van der Waals surface area contributed by atoms with Crippen molar-refractivity contribution in [3.05, 3.63) is 35.9 Å². The second-order valence-electron chi connectivity index (χ2n) is 3.57. The smallest absolute Gasteiger partial charge is 0.0721 e. The van der Waals surface area contributed by atoms with E-state index in [1.807, 2.05) is 25.1 Å². The largest absolute Gasteiger partial charge is 0.372 e. The van der Waals surface area contributed by atoms with Gasteiger partial charge in [0.05, 0.1) is 12.7 Å². The maximum atomic E-state index is 5.86. The SMILES string of the molecule is CC[C@@H](N)[C@H](C)OCc1ccccc1. The summed E-state index contributed by atoms with van der Waals surface area (Å²) in [6.45, 7) is 4.75. The lowest BCUT2D eigenvalue weighted by Crippen LogP contribution is -2.33. The molecule has 0 aliphatic heterocycles. The second-order valence-corrected chi connectivity index (χ2v) is 3.57. The fourth-order valence-electron chi connectivity index (χ4n) is 1.26. The number of rotatable bonds is 5. The van der Waals surface area contributed by atoms with E-state index in [4.69, 9.17) is 10.5 Å². The average molecular weight is 193 g/mol. The Morgan fingerprint density at radius 2 is 1.93 bits per heavy atom. The molecule has 2 heteroatoms. The van der Waals surface area contributed by atoms with E-state index in [1.54, 1.807) is 0 Å². The predicted molar refractivity (Wildman–Crippen MR) is 59.0 cm³/mol. The van der Waals surface area contributed by atoms with Gasteiger partial charge in [0.25, 0.3) is 0 Å². The van der Waals surface area contributed by atoms with Gasteiger partial charge in [-0.25, -0.2) is 0 Å². The van der Waals surface area contributed by atoms with Gasteiger partial charge in [-0.05, 0) is 18.9 Å². The number of benzene rings is 1. The molecular weight excluding hydrogens is 174 g/mol. The highest BCUT2D eigenvalue weighted by molar-refractivity contribution is 5.13. The third-order valence-electron chi connectivity index (χ3n) is 2.43. The first kappa shape index (κ1) is 11.2. The van der Waals surface area contributed by atoms with E-state index >= 15 is 0 Å². The molecule has 0 bridgehead atoms. The lowest BCUT2D eigenvalue weighted by Gasteiger charge is -2.18. The van der Waals surface area contributed by atoms with E-state index in [-0.39, 0.29) is 12.1 Å². The van der Waals surface area contributed by atoms with Gasteiger partial charge in [-0.3, -0.25) is 0 Å². The number of hydrogen-bond donors (Lipinski definition) is 1. The Hall–Kier alpha value is -0.860. The minimum absolute atomic E-state index is 0.125. The molecule has 1 rings (SSSR count). The summed E-state index contributed by atoms with van der Waals surface area (Å²) in [6.07, 6.45) is 1.08. The zero-order valence-electron chi connectivity index (χ0n) is 8.94. The molecule has 0 aliphatic rings. The molecule has 1 aromatic carbocycles. The van der Waals surface area contributed by atoms with Crippen LogP contribution in [0.25, 0.3) is 0 Å². The molecule has 0 unspecified atom stereocenters. The Bertz CT molecular complexity index is 248. The van der Waals surface area contributed by atoms with Gasteiger partial charge in [0.1, 0.15) is 0 Å². The van der Waals surface area contributed by atoms with E-state index < -0.39 is 0 Å². The molecule has 78 valence electrons. The number of nitrogens with two attached hydrogens (primary N) is 1. The van der Waals surface area contributed by atoms with Crippen LogP contribution in [0.1, 0.15) is 25.8 Å². The summed E-state index contributed by atoms with van der Waals surface area (Å²) in [7, 11) is 0. The molecule has 0 aliphatic carbocycles. The van der Waals surface area contributed by atoms with Crippen molar-refractivity contribution in [2.24, 2.45) is 5.73 Å². The van der Waals surface area contributed by atoms with Gasteiger partial charge < -0.3 is 10.5 Å². The Kier molecular flexibility index (Phi) is 4.63. The Labute approximate surface area is 86.1 Å². The molecule has 0 heterocycles. The van der Waals surface area contributed by atoms with Crippen molar-refractivity contribution in [1.82, 2.24) is 0 Å². The highest BCUT2D eigenvalue weighted by Crippen LogP contribution is 2.06. The zero-order valence-corrected chi connectivity index (χ0v) is 8.94. The fourth-order valence-corrected chi connectivity index (χ4v) is 1.26. The monoisotopic (exact) mass is 193 g/mol. The summed E-state index contributed by atoms with van der Waals surface area (Å²) < 4.78 is 5.66. The number of ether oxygens (including phenoxy) is 1. The van der Waals surface area contributed by atoms with Crippen molar-refractivity contribution in [1.29, 1.82) is 0 Å². The molecule has 0 radical (unpaired) electrons. The lowest BCUT2D eigenvalue weighted by molar-refractivity contribution is 0.0353. The van der Waals surface area contributed by atoms with Crippen molar-refractivity contribution in [2.75, 3.05) is 0 Å². The minimum atomic E-state index is 0.125. The maximum absolute atomic E-state index is 5.86. The average Bonchev–Trinajstić information content (AvgIpc) is 2.26. The van der Waals surface area contributed by atoms with Gasteiger partial charge in [0.2, 0.25) is 0 Å². The van der Waals surface area contributed by atoms with E-state index in [0.717, 1.165) is 6.42 Å². The van der Waals surface area contributed by atoms with Crippen LogP contribution in [0.2, 0.25) is 0 Å². The molecule has 0 amide bonds. The van der Waals surface area contributed by atoms with Crippen LogP contribution in [-0.2, 0) is 11.3 Å². The normalized spacial score (nSPS) is 15.1. The third-order valence-corrected chi connectivity index (χ3v) is 2.43. The highest BCUT2D eigenvalue weighted by Gasteiger charge is 2.10. The Morgan fingerprint density at radius 3 is 2.50 bits per heavy atom. The first-order chi connectivity index (χ1) is 6.74. The Balaban J connectivity index is 2.34. The molecule has 14 heavy (non-hydrogen) atoms. The molecule has 0 saturated carbocycles. The molecule has 0 aromatic heterocycles. The highest BCUT2D eigenvalue weighted by atomic mass is 16.5. The van der Waals surface area contributed by atoms with Crippen molar-refractivity contribution in [2.45, 2.75) is 39.0 Å². The van der Waals surface area contributed by atoms with Gasteiger partial charge in [-0.15, -0.1) is 0 Å². The van der Waals surface area contributed by atoms with E-state index in [1.165, 1.54) is 5.56 Å². The molecule has 2 atom stereocenters. The van der Waals surface area contributed by atoms with Crippen LogP contribution in [0, 0.1) is 0 Å². The van der Waals surface area contributed by atoms with Crippen LogP contribution < -0.4 is 5.73 Å². The topological polar surface area (TPSA) is 35.2 Å². The van der Waals surface area contributed by atoms with Crippen LogP contribution >= 0.6 is 0 Å². The summed E-state index contributed by atoms with van der Waals surface area (Å²) in [5, 5.41) is 0. The Morgan fingerprint density at radius 1 is 1.29 bits per heavy atom. The van der Waals surface area contributed by atoms with Gasteiger partial charge >= 0.3 is 0 Å². The van der Waals surface area contributed by atoms with Crippen LogP contribution in [0.4, 0.5) is 0 Å². The number of hydrogen-bond acceptors (Lipinski definition) is 2. The molecule has 0 spiro atoms. The van der Waals surface area contributed by atoms with Crippen molar-refractivity contribution >= 4 is 0 Å². The zero-order chi connectivity index (χ0) is 10.4. The first-order valence-corrected chi connectivity index (χ1v) is 5.15. The molecule has 2 N–H and O–H groups in total. The van der Waals surface area contributed by atoms with Crippen LogP contribution in [0.3, 0.4) is 0 Å². The van der Waals surface area contributed by atoms with E-state index in [2.05, 4.69) is 19.1 Å². The van der Waals surface area contributed by atoms with Gasteiger partial charge in [-0.2, -0.15) is 0 Å². The molecular formula is C12H19NO. The lowest BCUT2D eigenvalue weighted by atomic mass is 10.1. The molecule has 0 saturated heterocycles. The maximum Gasteiger partial charge on any atom is 0.0721 e. The van der Waals surface area contributed by atoms with Crippen molar-refractivity contribution < 1.29 is 4.74 Å². The van der Waals surface area contributed by atoms with Crippen LogP contribution in [-0.4, -0.2) is 12.1 Å². The first-order valence-electron chi connectivity index (χ1n) is 5.15. The quantitative estimate of drug-likeness (QED) is 0.779. The molecule has 0 fully saturated rings. The van der Waals surface area contributed by atoms with Crippen molar-refractivity contribution in [3.63, 3.8) is 0 Å². The minimum Gasteiger partial charge on any atom is -0.372 e.